The monoisotopic (exact) mass is 357 g/mol. The fourth-order valence-corrected chi connectivity index (χ4v) is 4.96. The minimum Gasteiger partial charge on any atom is -0.367 e. The zero-order chi connectivity index (χ0) is 17.8. The van der Waals surface area contributed by atoms with Crippen molar-refractivity contribution in [3.05, 3.63) is 29.8 Å². The minimum absolute atomic E-state index is 0.0992. The van der Waals surface area contributed by atoms with Crippen LogP contribution in [0.2, 0.25) is 0 Å². The molecular formula is C19H23N3O2S. The lowest BCUT2D eigenvalue weighted by Gasteiger charge is -2.53. The van der Waals surface area contributed by atoms with Crippen molar-refractivity contribution < 1.29 is 9.59 Å². The lowest BCUT2D eigenvalue weighted by Crippen LogP contribution is -2.71. The molecule has 0 aromatic heterocycles. The molecule has 0 N–H and O–H groups in total. The molecule has 1 atom stereocenters. The van der Waals surface area contributed by atoms with Crippen molar-refractivity contribution in [3.8, 4) is 0 Å². The molecule has 1 aromatic rings. The van der Waals surface area contributed by atoms with Gasteiger partial charge in [-0.25, -0.2) is 0 Å². The van der Waals surface area contributed by atoms with Gasteiger partial charge in [0.25, 0.3) is 0 Å². The average molecular weight is 357 g/mol. The minimum atomic E-state index is -1.06. The molecule has 0 bridgehead atoms. The summed E-state index contributed by atoms with van der Waals surface area (Å²) in [6.07, 6.45) is 4.59. The van der Waals surface area contributed by atoms with Gasteiger partial charge in [0.05, 0.1) is 6.04 Å². The third-order valence-electron chi connectivity index (χ3n) is 6.04. The predicted octanol–water partition coefficient (Wildman–Crippen LogP) is 2.19. The Bertz CT molecular complexity index is 739. The fraction of sp³-hybridized carbons (Fsp3) is 0.526. The van der Waals surface area contributed by atoms with Crippen LogP contribution in [0.4, 0.5) is 5.69 Å². The number of hydrogen-bond acceptors (Lipinski definition) is 4. The summed E-state index contributed by atoms with van der Waals surface area (Å²) in [5, 5.41) is 0.291. The van der Waals surface area contributed by atoms with E-state index in [9.17, 15) is 9.59 Å². The average Bonchev–Trinajstić information content (AvgIpc) is 2.90. The van der Waals surface area contributed by atoms with Gasteiger partial charge in [-0.3, -0.25) is 19.4 Å². The Morgan fingerprint density at radius 2 is 1.72 bits per heavy atom. The van der Waals surface area contributed by atoms with E-state index in [0.717, 1.165) is 37.8 Å². The highest BCUT2D eigenvalue weighted by Gasteiger charge is 2.61. The summed E-state index contributed by atoms with van der Waals surface area (Å²) in [6.45, 7) is 0.891. The van der Waals surface area contributed by atoms with Gasteiger partial charge < -0.3 is 4.90 Å². The SMILES string of the molecule is CN1C(=O)C2(Cc3ccccc3N3CCCCC[C@@H]32)C(=O)N(C)C1=S. The second-order valence-corrected chi connectivity index (χ2v) is 7.71. The van der Waals surface area contributed by atoms with Crippen LogP contribution in [-0.4, -0.2) is 53.4 Å². The highest BCUT2D eigenvalue weighted by atomic mass is 32.1. The molecule has 1 spiro atoms. The van der Waals surface area contributed by atoms with Crippen LogP contribution in [0.3, 0.4) is 0 Å². The molecule has 0 radical (unpaired) electrons. The number of nitrogens with zero attached hydrogens (tertiary/aromatic N) is 3. The Labute approximate surface area is 153 Å². The Balaban J connectivity index is 1.92. The van der Waals surface area contributed by atoms with Crippen LogP contribution in [0.25, 0.3) is 0 Å². The number of hydrogen-bond donors (Lipinski definition) is 0. The first-order valence-electron chi connectivity index (χ1n) is 8.93. The van der Waals surface area contributed by atoms with E-state index in [4.69, 9.17) is 12.2 Å². The second-order valence-electron chi connectivity index (χ2n) is 7.35. The first-order chi connectivity index (χ1) is 12.0. The fourth-order valence-electron chi connectivity index (χ4n) is 4.79. The van der Waals surface area contributed by atoms with Gasteiger partial charge >= 0.3 is 0 Å². The quantitative estimate of drug-likeness (QED) is 0.527. The molecule has 3 heterocycles. The van der Waals surface area contributed by atoms with Crippen LogP contribution in [-0.2, 0) is 16.0 Å². The third kappa shape index (κ3) is 2.16. The van der Waals surface area contributed by atoms with Gasteiger partial charge in [-0.05, 0) is 43.1 Å². The first kappa shape index (κ1) is 16.5. The van der Waals surface area contributed by atoms with Crippen LogP contribution in [0.15, 0.2) is 24.3 Å². The molecule has 0 unspecified atom stereocenters. The highest BCUT2D eigenvalue weighted by Crippen LogP contribution is 2.47. The van der Waals surface area contributed by atoms with Gasteiger partial charge in [0.15, 0.2) is 10.5 Å². The van der Waals surface area contributed by atoms with Crippen molar-refractivity contribution in [2.75, 3.05) is 25.5 Å². The largest absolute Gasteiger partial charge is 0.367 e. The van der Waals surface area contributed by atoms with Crippen LogP contribution < -0.4 is 4.90 Å². The predicted molar refractivity (Wildman–Crippen MR) is 100 cm³/mol. The lowest BCUT2D eigenvalue weighted by molar-refractivity contribution is -0.157. The molecule has 5 nitrogen and oxygen atoms in total. The summed E-state index contributed by atoms with van der Waals surface area (Å²) in [4.78, 5) is 32.1. The number of anilines is 1. The van der Waals surface area contributed by atoms with Crippen LogP contribution in [0.5, 0.6) is 0 Å². The number of carbonyl (C=O) groups is 2. The Morgan fingerprint density at radius 1 is 1.04 bits per heavy atom. The zero-order valence-corrected chi connectivity index (χ0v) is 15.5. The summed E-state index contributed by atoms with van der Waals surface area (Å²) >= 11 is 5.31. The first-order valence-corrected chi connectivity index (χ1v) is 9.34. The molecule has 3 aliphatic rings. The molecule has 0 aliphatic carbocycles. The van der Waals surface area contributed by atoms with Gasteiger partial charge in [-0.15, -0.1) is 0 Å². The molecule has 1 aromatic carbocycles. The van der Waals surface area contributed by atoms with E-state index < -0.39 is 5.41 Å². The smallest absolute Gasteiger partial charge is 0.246 e. The molecular weight excluding hydrogens is 334 g/mol. The summed E-state index contributed by atoms with van der Waals surface area (Å²) < 4.78 is 0. The van der Waals surface area contributed by atoms with Crippen LogP contribution in [0.1, 0.15) is 31.2 Å². The summed E-state index contributed by atoms with van der Waals surface area (Å²) in [6, 6.07) is 8.09. The maximum absolute atomic E-state index is 13.4. The molecule has 2 amide bonds. The van der Waals surface area contributed by atoms with Gasteiger partial charge in [0, 0.05) is 26.3 Å². The zero-order valence-electron chi connectivity index (χ0n) is 14.7. The van der Waals surface area contributed by atoms with Crippen molar-refractivity contribution in [1.29, 1.82) is 0 Å². The summed E-state index contributed by atoms with van der Waals surface area (Å²) in [5.41, 5.74) is 1.20. The van der Waals surface area contributed by atoms with E-state index >= 15 is 0 Å². The molecule has 4 rings (SSSR count). The summed E-state index contributed by atoms with van der Waals surface area (Å²) in [5.74, 6) is -0.293. The summed E-state index contributed by atoms with van der Waals surface area (Å²) in [7, 11) is 3.38. The van der Waals surface area contributed by atoms with Crippen molar-refractivity contribution in [1.82, 2.24) is 9.80 Å². The van der Waals surface area contributed by atoms with E-state index in [1.165, 1.54) is 15.5 Å². The van der Waals surface area contributed by atoms with Crippen molar-refractivity contribution >= 4 is 34.8 Å². The topological polar surface area (TPSA) is 43.9 Å². The normalized spacial score (nSPS) is 25.8. The highest BCUT2D eigenvalue weighted by molar-refractivity contribution is 7.80. The number of para-hydroxylation sites is 1. The van der Waals surface area contributed by atoms with E-state index in [-0.39, 0.29) is 17.9 Å². The molecule has 132 valence electrons. The molecule has 6 heteroatoms. The van der Waals surface area contributed by atoms with Gasteiger partial charge in [-0.2, -0.15) is 0 Å². The van der Waals surface area contributed by atoms with Crippen LogP contribution in [0, 0.1) is 5.41 Å². The Hall–Kier alpha value is -1.95. The Morgan fingerprint density at radius 3 is 2.44 bits per heavy atom. The Kier molecular flexibility index (Phi) is 3.83. The van der Waals surface area contributed by atoms with Gasteiger partial charge in [0.1, 0.15) is 0 Å². The molecule has 25 heavy (non-hydrogen) atoms. The number of fused-ring (bicyclic) bond motifs is 4. The van der Waals surface area contributed by atoms with E-state index in [1.54, 1.807) is 14.1 Å². The van der Waals surface area contributed by atoms with Crippen molar-refractivity contribution in [3.63, 3.8) is 0 Å². The van der Waals surface area contributed by atoms with Crippen LogP contribution >= 0.6 is 12.2 Å². The van der Waals surface area contributed by atoms with Crippen molar-refractivity contribution in [2.24, 2.45) is 5.41 Å². The maximum Gasteiger partial charge on any atom is 0.246 e. The third-order valence-corrected chi connectivity index (χ3v) is 6.59. The molecule has 2 saturated heterocycles. The van der Waals surface area contributed by atoms with E-state index in [2.05, 4.69) is 11.0 Å². The van der Waals surface area contributed by atoms with Gasteiger partial charge in [-0.1, -0.05) is 31.0 Å². The molecule has 3 aliphatic heterocycles. The number of carbonyl (C=O) groups excluding carboxylic acids is 2. The van der Waals surface area contributed by atoms with E-state index in [0.29, 0.717) is 11.5 Å². The van der Waals surface area contributed by atoms with E-state index in [1.807, 2.05) is 18.2 Å². The number of rotatable bonds is 0. The standard InChI is InChI=1S/C19H23N3O2S/c1-20-16(23)19(17(24)21(2)18(20)25)12-13-8-5-6-9-14(13)22-11-7-3-4-10-15(19)22/h5-6,8-9,15H,3-4,7,10-12H2,1-2H3/t15-/m1/s1. The second kappa shape index (κ2) is 5.80. The number of amides is 2. The maximum atomic E-state index is 13.4. The number of benzene rings is 1. The molecule has 2 fully saturated rings. The lowest BCUT2D eigenvalue weighted by atomic mass is 9.67. The van der Waals surface area contributed by atoms with Crippen molar-refractivity contribution in [2.45, 2.75) is 38.1 Å². The molecule has 0 saturated carbocycles. The van der Waals surface area contributed by atoms with Gasteiger partial charge in [0.2, 0.25) is 11.8 Å². The number of thiocarbonyl (C=S) groups is 1.